The Morgan fingerprint density at radius 2 is 1.62 bits per heavy atom. The number of nitrogens with one attached hydrogen (secondary N) is 2. The zero-order valence-corrected chi connectivity index (χ0v) is 18.9. The van der Waals surface area contributed by atoms with Crippen LogP contribution in [0.3, 0.4) is 0 Å². The summed E-state index contributed by atoms with van der Waals surface area (Å²) in [4.78, 5) is 4.28. The highest BCUT2D eigenvalue weighted by atomic mass is 127. The first-order valence-corrected chi connectivity index (χ1v) is 8.90. The van der Waals surface area contributed by atoms with Gasteiger partial charge in [0.25, 0.3) is 0 Å². The van der Waals surface area contributed by atoms with E-state index in [1.165, 1.54) is 16.7 Å². The first-order valence-electron chi connectivity index (χ1n) is 8.90. The van der Waals surface area contributed by atoms with Crippen molar-refractivity contribution >= 4 is 29.9 Å². The molecule has 144 valence electrons. The topological polar surface area (TPSA) is 54.2 Å². The normalized spacial score (nSPS) is 11.8. The van der Waals surface area contributed by atoms with Crippen LogP contribution >= 0.6 is 24.0 Å². The van der Waals surface area contributed by atoms with Gasteiger partial charge in [0, 0.05) is 33.4 Å². The molecule has 0 amide bonds. The molecule has 0 aliphatic rings. The summed E-state index contributed by atoms with van der Waals surface area (Å²) in [5.74, 6) is 0.843. The Hall–Kier alpha value is -1.57. The minimum Gasteiger partial charge on any atom is -0.356 e. The molecule has 0 aliphatic heterocycles. The lowest BCUT2D eigenvalue weighted by Crippen LogP contribution is -2.39. The van der Waals surface area contributed by atoms with E-state index in [1.807, 2.05) is 24.1 Å². The molecule has 1 aromatic heterocycles. The Bertz CT molecular complexity index is 683. The van der Waals surface area contributed by atoms with Crippen LogP contribution in [0.1, 0.15) is 37.5 Å². The average molecular weight is 469 g/mol. The molecule has 0 spiro atoms. The largest absolute Gasteiger partial charge is 0.356 e. The standard InChI is InChI=1S/C20H31N5.HI/c1-20(2,3)18-8-6-16(7-9-18)10-12-22-19(21-4)23-13-11-17-14-24-25(5)15-17;/h6-9,14-15H,10-13H2,1-5H3,(H2,21,22,23);1H. The number of nitrogens with zero attached hydrogens (tertiary/aromatic N) is 3. The van der Waals surface area contributed by atoms with Crippen molar-refractivity contribution in [2.75, 3.05) is 20.1 Å². The second-order valence-electron chi connectivity index (χ2n) is 7.39. The summed E-state index contributed by atoms with van der Waals surface area (Å²) in [5, 5.41) is 10.9. The van der Waals surface area contributed by atoms with Gasteiger partial charge in [-0.05, 0) is 34.9 Å². The number of aliphatic imine (C=N–C) groups is 1. The van der Waals surface area contributed by atoms with Crippen LogP contribution in [0.4, 0.5) is 0 Å². The van der Waals surface area contributed by atoms with Gasteiger partial charge in [0.05, 0.1) is 6.20 Å². The van der Waals surface area contributed by atoms with Crippen LogP contribution in [0.15, 0.2) is 41.7 Å². The van der Waals surface area contributed by atoms with Crippen LogP contribution in [-0.4, -0.2) is 35.9 Å². The van der Waals surface area contributed by atoms with E-state index in [0.717, 1.165) is 31.9 Å². The molecule has 6 heteroatoms. The summed E-state index contributed by atoms with van der Waals surface area (Å²) in [6.45, 7) is 8.42. The summed E-state index contributed by atoms with van der Waals surface area (Å²) in [6, 6.07) is 8.91. The van der Waals surface area contributed by atoms with Crippen LogP contribution in [0.25, 0.3) is 0 Å². The number of hydrogen-bond acceptors (Lipinski definition) is 2. The second-order valence-corrected chi connectivity index (χ2v) is 7.39. The molecule has 0 bridgehead atoms. The van der Waals surface area contributed by atoms with E-state index in [2.05, 4.69) is 65.8 Å². The molecule has 5 nitrogen and oxygen atoms in total. The summed E-state index contributed by atoms with van der Waals surface area (Å²) in [7, 11) is 3.74. The fourth-order valence-corrected chi connectivity index (χ4v) is 2.64. The zero-order valence-electron chi connectivity index (χ0n) is 16.5. The number of hydrogen-bond donors (Lipinski definition) is 2. The molecule has 0 fully saturated rings. The molecule has 2 N–H and O–H groups in total. The van der Waals surface area contributed by atoms with Crippen molar-refractivity contribution in [3.05, 3.63) is 53.3 Å². The van der Waals surface area contributed by atoms with Crippen LogP contribution < -0.4 is 10.6 Å². The van der Waals surface area contributed by atoms with Gasteiger partial charge in [0.2, 0.25) is 0 Å². The Morgan fingerprint density at radius 3 is 2.08 bits per heavy atom. The number of aryl methyl sites for hydroxylation is 1. The molecule has 0 aliphatic carbocycles. The predicted octanol–water partition coefficient (Wildman–Crippen LogP) is 3.29. The van der Waals surface area contributed by atoms with Gasteiger partial charge in [0.15, 0.2) is 5.96 Å². The Balaban J connectivity index is 0.00000338. The van der Waals surface area contributed by atoms with Crippen LogP contribution in [0, 0.1) is 0 Å². The van der Waals surface area contributed by atoms with Crippen molar-refractivity contribution in [2.45, 2.75) is 39.0 Å². The molecule has 26 heavy (non-hydrogen) atoms. The maximum Gasteiger partial charge on any atom is 0.190 e. The van der Waals surface area contributed by atoms with Gasteiger partial charge in [-0.25, -0.2) is 0 Å². The van der Waals surface area contributed by atoms with E-state index in [1.54, 1.807) is 7.05 Å². The monoisotopic (exact) mass is 469 g/mol. The smallest absolute Gasteiger partial charge is 0.190 e. The SMILES string of the molecule is CN=C(NCCc1ccc(C(C)(C)C)cc1)NCCc1cnn(C)c1.I. The summed E-state index contributed by atoms with van der Waals surface area (Å²) < 4.78 is 1.83. The van der Waals surface area contributed by atoms with E-state index in [4.69, 9.17) is 0 Å². The molecule has 0 saturated heterocycles. The van der Waals surface area contributed by atoms with Crippen molar-refractivity contribution in [1.82, 2.24) is 20.4 Å². The summed E-state index contributed by atoms with van der Waals surface area (Å²) >= 11 is 0. The van der Waals surface area contributed by atoms with Crippen molar-refractivity contribution < 1.29 is 0 Å². The number of halogens is 1. The maximum absolute atomic E-state index is 4.28. The van der Waals surface area contributed by atoms with Crippen LogP contribution in [0.5, 0.6) is 0 Å². The molecule has 2 rings (SSSR count). The molecule has 0 unspecified atom stereocenters. The van der Waals surface area contributed by atoms with Gasteiger partial charge < -0.3 is 10.6 Å². The summed E-state index contributed by atoms with van der Waals surface area (Å²) in [6.07, 6.45) is 5.86. The van der Waals surface area contributed by atoms with E-state index < -0.39 is 0 Å². The van der Waals surface area contributed by atoms with Gasteiger partial charge >= 0.3 is 0 Å². The fraction of sp³-hybridized carbons (Fsp3) is 0.500. The molecule has 1 aromatic carbocycles. The van der Waals surface area contributed by atoms with Crippen molar-refractivity contribution in [3.63, 3.8) is 0 Å². The minimum absolute atomic E-state index is 0. The Labute approximate surface area is 174 Å². The first-order chi connectivity index (χ1) is 11.9. The van der Waals surface area contributed by atoms with Gasteiger partial charge in [-0.15, -0.1) is 24.0 Å². The lowest BCUT2D eigenvalue weighted by molar-refractivity contribution is 0.590. The van der Waals surface area contributed by atoms with Gasteiger partial charge in [-0.3, -0.25) is 9.67 Å². The molecule has 2 aromatic rings. The maximum atomic E-state index is 4.28. The third-order valence-corrected chi connectivity index (χ3v) is 4.21. The average Bonchev–Trinajstić information content (AvgIpc) is 2.98. The van der Waals surface area contributed by atoms with Crippen molar-refractivity contribution in [3.8, 4) is 0 Å². The molecule has 1 heterocycles. The minimum atomic E-state index is 0. The fourth-order valence-electron chi connectivity index (χ4n) is 2.64. The number of aromatic nitrogens is 2. The third-order valence-electron chi connectivity index (χ3n) is 4.21. The quantitative estimate of drug-likeness (QED) is 0.388. The molecular formula is C20H32IN5. The highest BCUT2D eigenvalue weighted by Gasteiger charge is 2.12. The number of guanidine groups is 1. The first kappa shape index (κ1) is 22.5. The lowest BCUT2D eigenvalue weighted by Gasteiger charge is -2.19. The van der Waals surface area contributed by atoms with Crippen molar-refractivity contribution in [2.24, 2.45) is 12.0 Å². The molecular weight excluding hydrogens is 437 g/mol. The van der Waals surface area contributed by atoms with Gasteiger partial charge in [-0.1, -0.05) is 45.0 Å². The second kappa shape index (κ2) is 10.5. The Morgan fingerprint density at radius 1 is 1.04 bits per heavy atom. The van der Waals surface area contributed by atoms with Gasteiger partial charge in [-0.2, -0.15) is 5.10 Å². The summed E-state index contributed by atoms with van der Waals surface area (Å²) in [5.41, 5.74) is 4.14. The van der Waals surface area contributed by atoms with Crippen LogP contribution in [0.2, 0.25) is 0 Å². The highest BCUT2D eigenvalue weighted by molar-refractivity contribution is 14.0. The highest BCUT2D eigenvalue weighted by Crippen LogP contribution is 2.22. The molecule has 0 radical (unpaired) electrons. The zero-order chi connectivity index (χ0) is 18.3. The predicted molar refractivity (Wildman–Crippen MR) is 121 cm³/mol. The Kier molecular flexibility index (Phi) is 9.12. The van der Waals surface area contributed by atoms with Crippen molar-refractivity contribution in [1.29, 1.82) is 0 Å². The number of rotatable bonds is 6. The molecule has 0 saturated carbocycles. The third kappa shape index (κ3) is 7.35. The van der Waals surface area contributed by atoms with E-state index in [9.17, 15) is 0 Å². The van der Waals surface area contributed by atoms with Crippen LogP contribution in [-0.2, 0) is 25.3 Å². The number of benzene rings is 1. The van der Waals surface area contributed by atoms with Gasteiger partial charge in [0.1, 0.15) is 0 Å². The van der Waals surface area contributed by atoms with E-state index in [0.29, 0.717) is 0 Å². The van der Waals surface area contributed by atoms with E-state index >= 15 is 0 Å². The lowest BCUT2D eigenvalue weighted by atomic mass is 9.86. The van der Waals surface area contributed by atoms with E-state index in [-0.39, 0.29) is 29.4 Å². The molecule has 0 atom stereocenters.